The standard InChI is InChI=1S/C23H25N5O4/c1-30-19-11-14-15(12-20(19)31-2)25-23(26-22(14)24)28-9-8-27(16-5-3-4-6-17(16)28)18-7-10-32-21(18)13-29/h7,10-13H,3-6,8-9H2,1-2H3,(H2,24,25,26). The number of fused-ring (bicyclic) bond motifs is 1. The lowest BCUT2D eigenvalue weighted by Crippen LogP contribution is -2.44. The molecule has 0 radical (unpaired) electrons. The van der Waals surface area contributed by atoms with Gasteiger partial charge in [-0.25, -0.2) is 4.98 Å². The van der Waals surface area contributed by atoms with Gasteiger partial charge < -0.3 is 29.4 Å². The molecular weight excluding hydrogens is 410 g/mol. The quantitative estimate of drug-likeness (QED) is 0.600. The topological polar surface area (TPSA) is 107 Å². The Morgan fingerprint density at radius 2 is 1.72 bits per heavy atom. The summed E-state index contributed by atoms with van der Waals surface area (Å²) in [6, 6.07) is 5.48. The van der Waals surface area contributed by atoms with E-state index in [0.717, 1.165) is 43.0 Å². The summed E-state index contributed by atoms with van der Waals surface area (Å²) in [4.78, 5) is 25.2. The van der Waals surface area contributed by atoms with Crippen LogP contribution < -0.4 is 25.0 Å². The van der Waals surface area contributed by atoms with E-state index >= 15 is 0 Å². The number of carbonyl (C=O) groups is 1. The number of ether oxygens (including phenoxy) is 2. The Morgan fingerprint density at radius 3 is 2.44 bits per heavy atom. The summed E-state index contributed by atoms with van der Waals surface area (Å²) in [6.07, 6.45) is 6.33. The average Bonchev–Trinajstić information content (AvgIpc) is 3.31. The first-order valence-corrected chi connectivity index (χ1v) is 10.6. The molecule has 0 fully saturated rings. The summed E-state index contributed by atoms with van der Waals surface area (Å²) in [5.41, 5.74) is 10.2. The zero-order valence-corrected chi connectivity index (χ0v) is 18.1. The van der Waals surface area contributed by atoms with Gasteiger partial charge in [0.15, 0.2) is 23.5 Å². The summed E-state index contributed by atoms with van der Waals surface area (Å²) >= 11 is 0. The van der Waals surface area contributed by atoms with Crippen molar-refractivity contribution >= 4 is 34.6 Å². The van der Waals surface area contributed by atoms with E-state index in [1.807, 2.05) is 12.1 Å². The fourth-order valence-corrected chi connectivity index (χ4v) is 4.62. The van der Waals surface area contributed by atoms with Gasteiger partial charge in [0.2, 0.25) is 5.95 Å². The Bertz CT molecular complexity index is 1220. The summed E-state index contributed by atoms with van der Waals surface area (Å²) in [5.74, 6) is 2.49. The third-order valence-corrected chi connectivity index (χ3v) is 6.14. The second-order valence-corrected chi connectivity index (χ2v) is 7.82. The molecule has 3 heterocycles. The molecule has 32 heavy (non-hydrogen) atoms. The lowest BCUT2D eigenvalue weighted by Gasteiger charge is -2.41. The van der Waals surface area contributed by atoms with E-state index in [2.05, 4.69) is 14.8 Å². The van der Waals surface area contributed by atoms with Crippen molar-refractivity contribution in [3.05, 3.63) is 41.6 Å². The molecule has 0 amide bonds. The molecule has 0 unspecified atom stereocenters. The van der Waals surface area contributed by atoms with Gasteiger partial charge in [-0.1, -0.05) is 0 Å². The Hall–Kier alpha value is -3.75. The molecule has 3 aromatic rings. The minimum atomic E-state index is 0.350. The highest BCUT2D eigenvalue weighted by atomic mass is 16.5. The van der Waals surface area contributed by atoms with Crippen LogP contribution in [0, 0.1) is 0 Å². The number of furan rings is 1. The smallest absolute Gasteiger partial charge is 0.232 e. The van der Waals surface area contributed by atoms with E-state index in [4.69, 9.17) is 24.6 Å². The van der Waals surface area contributed by atoms with Crippen LogP contribution in [0.2, 0.25) is 0 Å². The highest BCUT2D eigenvalue weighted by Crippen LogP contribution is 2.39. The van der Waals surface area contributed by atoms with Crippen LogP contribution in [0.15, 0.2) is 40.3 Å². The average molecular weight is 435 g/mol. The van der Waals surface area contributed by atoms with E-state index in [9.17, 15) is 4.79 Å². The van der Waals surface area contributed by atoms with Gasteiger partial charge >= 0.3 is 0 Å². The minimum absolute atomic E-state index is 0.350. The van der Waals surface area contributed by atoms with Crippen molar-refractivity contribution in [2.45, 2.75) is 25.7 Å². The first-order valence-electron chi connectivity index (χ1n) is 10.6. The minimum Gasteiger partial charge on any atom is -0.493 e. The number of nitrogens with zero attached hydrogens (tertiary/aromatic N) is 4. The molecule has 1 aliphatic carbocycles. The summed E-state index contributed by atoms with van der Waals surface area (Å²) in [7, 11) is 3.18. The number of carbonyl (C=O) groups excluding carboxylic acids is 1. The zero-order chi connectivity index (χ0) is 22.2. The molecule has 9 nitrogen and oxygen atoms in total. The normalized spacial score (nSPS) is 16.3. The number of hydrogen-bond acceptors (Lipinski definition) is 9. The Balaban J connectivity index is 1.60. The number of aldehydes is 1. The van der Waals surface area contributed by atoms with Crippen LogP contribution in [0.4, 0.5) is 17.5 Å². The van der Waals surface area contributed by atoms with Crippen molar-refractivity contribution in [3.63, 3.8) is 0 Å². The van der Waals surface area contributed by atoms with E-state index < -0.39 is 0 Å². The summed E-state index contributed by atoms with van der Waals surface area (Å²) < 4.78 is 16.2. The molecule has 166 valence electrons. The fourth-order valence-electron chi connectivity index (χ4n) is 4.62. The van der Waals surface area contributed by atoms with Gasteiger partial charge in [0.25, 0.3) is 0 Å². The molecule has 2 aromatic heterocycles. The molecule has 0 atom stereocenters. The number of anilines is 3. The zero-order valence-electron chi connectivity index (χ0n) is 18.1. The molecule has 2 N–H and O–H groups in total. The van der Waals surface area contributed by atoms with Crippen LogP contribution in [0.1, 0.15) is 36.2 Å². The predicted octanol–water partition coefficient (Wildman–Crippen LogP) is 3.75. The maximum atomic E-state index is 11.4. The third kappa shape index (κ3) is 3.21. The SMILES string of the molecule is COc1cc2nc(N3CCN(c4ccoc4C=O)C4=C3CCCC4)nc(N)c2cc1OC. The molecule has 0 saturated carbocycles. The molecule has 0 bridgehead atoms. The van der Waals surface area contributed by atoms with E-state index in [1.54, 1.807) is 26.5 Å². The monoisotopic (exact) mass is 435 g/mol. The number of nitrogen functional groups attached to an aromatic ring is 1. The molecular formula is C23H25N5O4. The van der Waals surface area contributed by atoms with Crippen molar-refractivity contribution in [1.82, 2.24) is 9.97 Å². The van der Waals surface area contributed by atoms with E-state index in [1.165, 1.54) is 11.4 Å². The van der Waals surface area contributed by atoms with E-state index in [-0.39, 0.29) is 0 Å². The van der Waals surface area contributed by atoms with Crippen LogP contribution >= 0.6 is 0 Å². The molecule has 2 aliphatic rings. The first-order chi connectivity index (χ1) is 15.6. The number of benzene rings is 1. The third-order valence-electron chi connectivity index (χ3n) is 6.14. The van der Waals surface area contributed by atoms with Crippen LogP contribution in [0.3, 0.4) is 0 Å². The van der Waals surface area contributed by atoms with Crippen molar-refractivity contribution in [3.8, 4) is 11.5 Å². The predicted molar refractivity (Wildman–Crippen MR) is 121 cm³/mol. The van der Waals surface area contributed by atoms with Crippen molar-refractivity contribution < 1.29 is 18.7 Å². The molecule has 1 aliphatic heterocycles. The summed E-state index contributed by atoms with van der Waals surface area (Å²) in [6.45, 7) is 1.35. The Labute approximate surface area is 185 Å². The van der Waals surface area contributed by atoms with E-state index in [0.29, 0.717) is 47.6 Å². The molecule has 0 spiro atoms. The molecule has 0 saturated heterocycles. The maximum absolute atomic E-state index is 11.4. The largest absolute Gasteiger partial charge is 0.493 e. The molecule has 5 rings (SSSR count). The van der Waals surface area contributed by atoms with Crippen LogP contribution in [0.25, 0.3) is 10.9 Å². The number of methoxy groups -OCH3 is 2. The Morgan fingerprint density at radius 1 is 1.03 bits per heavy atom. The number of nitrogens with two attached hydrogens (primary N) is 1. The van der Waals surface area contributed by atoms with Crippen LogP contribution in [0.5, 0.6) is 11.5 Å². The molecule has 9 heteroatoms. The number of hydrogen-bond donors (Lipinski definition) is 1. The number of allylic oxidation sites excluding steroid dienone is 2. The van der Waals surface area contributed by atoms with Crippen molar-refractivity contribution in [1.29, 1.82) is 0 Å². The van der Waals surface area contributed by atoms with Crippen molar-refractivity contribution in [2.24, 2.45) is 0 Å². The fraction of sp³-hybridized carbons (Fsp3) is 0.348. The van der Waals surface area contributed by atoms with Gasteiger partial charge in [0.05, 0.1) is 31.7 Å². The van der Waals surface area contributed by atoms with Gasteiger partial charge in [-0.05, 0) is 31.7 Å². The highest BCUT2D eigenvalue weighted by molar-refractivity contribution is 5.92. The van der Waals surface area contributed by atoms with Gasteiger partial charge in [-0.2, -0.15) is 4.98 Å². The second-order valence-electron chi connectivity index (χ2n) is 7.82. The maximum Gasteiger partial charge on any atom is 0.232 e. The Kier molecular flexibility index (Phi) is 5.08. The highest BCUT2D eigenvalue weighted by Gasteiger charge is 2.32. The second kappa shape index (κ2) is 8.07. The molecule has 1 aromatic carbocycles. The van der Waals surface area contributed by atoms with Crippen molar-refractivity contribution in [2.75, 3.05) is 42.8 Å². The lowest BCUT2D eigenvalue weighted by atomic mass is 9.97. The van der Waals surface area contributed by atoms with Gasteiger partial charge in [0, 0.05) is 42.0 Å². The first kappa shape index (κ1) is 20.2. The van der Waals surface area contributed by atoms with Gasteiger partial charge in [-0.15, -0.1) is 0 Å². The van der Waals surface area contributed by atoms with Gasteiger partial charge in [0.1, 0.15) is 5.82 Å². The van der Waals surface area contributed by atoms with Crippen LogP contribution in [-0.2, 0) is 0 Å². The number of aromatic nitrogens is 2. The lowest BCUT2D eigenvalue weighted by molar-refractivity contribution is 0.110. The number of rotatable bonds is 5. The van der Waals surface area contributed by atoms with Crippen LogP contribution in [-0.4, -0.2) is 43.6 Å². The van der Waals surface area contributed by atoms with Gasteiger partial charge in [-0.3, -0.25) is 4.79 Å². The summed E-state index contributed by atoms with van der Waals surface area (Å²) in [5, 5.41) is 0.719.